The average Bonchev–Trinajstić information content (AvgIpc) is 2.25. The molecule has 1 aromatic carbocycles. The minimum absolute atomic E-state index is 0.0528. The number of nitrogens with one attached hydrogen (secondary N) is 1. The zero-order valence-corrected chi connectivity index (χ0v) is 9.71. The molecule has 0 aromatic heterocycles. The van der Waals surface area contributed by atoms with E-state index in [0.717, 1.165) is 0 Å². The highest BCUT2D eigenvalue weighted by molar-refractivity contribution is 7.89. The summed E-state index contributed by atoms with van der Waals surface area (Å²) in [6.45, 7) is -0.163. The molecular formula is C9H10N2O5S. The first-order chi connectivity index (χ1) is 7.91. The normalized spacial score (nSPS) is 14.6. The van der Waals surface area contributed by atoms with E-state index in [2.05, 4.69) is 5.32 Å². The topological polar surface area (TPSA) is 108 Å². The van der Waals surface area contributed by atoms with Crippen LogP contribution in [0.1, 0.15) is 0 Å². The molecule has 0 fully saturated rings. The van der Waals surface area contributed by atoms with Gasteiger partial charge >= 0.3 is 0 Å². The van der Waals surface area contributed by atoms with Gasteiger partial charge < -0.3 is 14.8 Å². The maximum atomic E-state index is 11.3. The molecule has 1 aromatic rings. The van der Waals surface area contributed by atoms with Crippen molar-refractivity contribution in [3.8, 4) is 11.5 Å². The fourth-order valence-corrected chi connectivity index (χ4v) is 2.16. The average molecular weight is 258 g/mol. The van der Waals surface area contributed by atoms with Gasteiger partial charge in [-0.3, -0.25) is 4.79 Å². The largest absolute Gasteiger partial charge is 0.495 e. The van der Waals surface area contributed by atoms with Crippen LogP contribution in [0.15, 0.2) is 17.0 Å². The SMILES string of the molecule is COc1cc2c(cc1S(N)(=O)=O)OCC(=O)N2. The number of benzene rings is 1. The summed E-state index contributed by atoms with van der Waals surface area (Å²) in [5.41, 5.74) is 0.352. The molecule has 0 spiro atoms. The number of hydrogen-bond donors (Lipinski definition) is 2. The van der Waals surface area contributed by atoms with Crippen LogP contribution in [0.5, 0.6) is 11.5 Å². The number of fused-ring (bicyclic) bond motifs is 1. The Morgan fingerprint density at radius 2 is 2.18 bits per heavy atom. The molecule has 0 bridgehead atoms. The van der Waals surface area contributed by atoms with Crippen LogP contribution >= 0.6 is 0 Å². The first-order valence-corrected chi connectivity index (χ1v) is 6.14. The van der Waals surface area contributed by atoms with Crippen LogP contribution in [-0.2, 0) is 14.8 Å². The summed E-state index contributed by atoms with van der Waals surface area (Å²) in [5.74, 6) is -0.0191. The van der Waals surface area contributed by atoms with Gasteiger partial charge in [0.25, 0.3) is 5.91 Å². The molecule has 0 unspecified atom stereocenters. The lowest BCUT2D eigenvalue weighted by Gasteiger charge is -2.19. The molecule has 8 heteroatoms. The molecule has 1 aliphatic rings. The van der Waals surface area contributed by atoms with Crippen molar-refractivity contribution in [1.29, 1.82) is 0 Å². The number of anilines is 1. The lowest BCUT2D eigenvalue weighted by Crippen LogP contribution is -2.26. The number of amides is 1. The van der Waals surface area contributed by atoms with E-state index in [1.807, 2.05) is 0 Å². The minimum Gasteiger partial charge on any atom is -0.495 e. The van der Waals surface area contributed by atoms with E-state index in [9.17, 15) is 13.2 Å². The van der Waals surface area contributed by atoms with E-state index in [0.29, 0.717) is 5.69 Å². The molecule has 17 heavy (non-hydrogen) atoms. The molecule has 1 heterocycles. The van der Waals surface area contributed by atoms with Crippen molar-refractivity contribution in [1.82, 2.24) is 0 Å². The zero-order valence-electron chi connectivity index (χ0n) is 8.89. The standard InChI is InChI=1S/C9H10N2O5S/c1-15-7-2-5-6(16-4-9(12)11-5)3-8(7)17(10,13)14/h2-3H,4H2,1H3,(H,11,12)(H2,10,13,14). The third-order valence-corrected chi connectivity index (χ3v) is 3.14. The van der Waals surface area contributed by atoms with Crippen LogP contribution in [0.4, 0.5) is 5.69 Å². The number of hydrogen-bond acceptors (Lipinski definition) is 5. The maximum absolute atomic E-state index is 11.3. The highest BCUT2D eigenvalue weighted by Gasteiger charge is 2.23. The number of ether oxygens (including phenoxy) is 2. The van der Waals surface area contributed by atoms with Gasteiger partial charge in [-0.05, 0) is 0 Å². The summed E-state index contributed by atoms with van der Waals surface area (Å²) < 4.78 is 32.6. The van der Waals surface area contributed by atoms with E-state index >= 15 is 0 Å². The Bertz CT molecular complexity index is 581. The van der Waals surface area contributed by atoms with Crippen molar-refractivity contribution in [2.24, 2.45) is 5.14 Å². The predicted octanol–water partition coefficient (Wildman–Crippen LogP) is -0.326. The molecule has 0 aliphatic carbocycles. The van der Waals surface area contributed by atoms with Gasteiger partial charge in [-0.15, -0.1) is 0 Å². The third-order valence-electron chi connectivity index (χ3n) is 2.21. The smallest absolute Gasteiger partial charge is 0.262 e. The Morgan fingerprint density at radius 1 is 1.47 bits per heavy atom. The highest BCUT2D eigenvalue weighted by atomic mass is 32.2. The van der Waals surface area contributed by atoms with Crippen molar-refractivity contribution >= 4 is 21.6 Å². The predicted molar refractivity (Wildman–Crippen MR) is 58.5 cm³/mol. The molecule has 7 nitrogen and oxygen atoms in total. The Balaban J connectivity index is 2.61. The molecular weight excluding hydrogens is 248 g/mol. The van der Waals surface area contributed by atoms with Crippen LogP contribution in [-0.4, -0.2) is 28.0 Å². The summed E-state index contributed by atoms with van der Waals surface area (Å²) in [5, 5.41) is 7.58. The lowest BCUT2D eigenvalue weighted by atomic mass is 10.2. The fraction of sp³-hybridized carbons (Fsp3) is 0.222. The second kappa shape index (κ2) is 3.90. The monoisotopic (exact) mass is 258 g/mol. The van der Waals surface area contributed by atoms with Gasteiger partial charge in [-0.1, -0.05) is 0 Å². The number of sulfonamides is 1. The lowest BCUT2D eigenvalue weighted by molar-refractivity contribution is -0.118. The number of carbonyl (C=O) groups is 1. The van der Waals surface area contributed by atoms with Crippen molar-refractivity contribution in [3.05, 3.63) is 12.1 Å². The number of nitrogens with two attached hydrogens (primary N) is 1. The fourth-order valence-electron chi connectivity index (χ4n) is 1.47. The van der Waals surface area contributed by atoms with Crippen LogP contribution in [0.2, 0.25) is 0 Å². The van der Waals surface area contributed by atoms with E-state index in [1.165, 1.54) is 19.2 Å². The number of carbonyl (C=O) groups excluding carboxylic acids is 1. The first-order valence-electron chi connectivity index (χ1n) is 4.59. The quantitative estimate of drug-likeness (QED) is 0.755. The summed E-state index contributed by atoms with van der Waals surface area (Å²) in [6, 6.07) is 2.58. The van der Waals surface area contributed by atoms with Gasteiger partial charge in [0.15, 0.2) is 6.61 Å². The first kappa shape index (κ1) is 11.7. The molecule has 0 saturated carbocycles. The number of primary sulfonamides is 1. The molecule has 2 rings (SSSR count). The van der Waals surface area contributed by atoms with Crippen molar-refractivity contribution in [3.63, 3.8) is 0 Å². The summed E-state index contributed by atoms with van der Waals surface area (Å²) in [6.07, 6.45) is 0. The molecule has 3 N–H and O–H groups in total. The third kappa shape index (κ3) is 2.17. The Kier molecular flexibility index (Phi) is 2.68. The molecule has 0 radical (unpaired) electrons. The Hall–Kier alpha value is -1.80. The van der Waals surface area contributed by atoms with Crippen LogP contribution < -0.4 is 19.9 Å². The summed E-state index contributed by atoms with van der Waals surface area (Å²) >= 11 is 0. The molecule has 0 atom stereocenters. The van der Waals surface area contributed by atoms with Gasteiger partial charge in [-0.2, -0.15) is 0 Å². The summed E-state index contributed by atoms with van der Waals surface area (Å²) in [7, 11) is -2.60. The molecule has 92 valence electrons. The van der Waals surface area contributed by atoms with Gasteiger partial charge in [0, 0.05) is 12.1 Å². The molecule has 1 aliphatic heterocycles. The Morgan fingerprint density at radius 3 is 2.76 bits per heavy atom. The van der Waals surface area contributed by atoms with Crippen molar-refractivity contribution in [2.45, 2.75) is 4.90 Å². The maximum Gasteiger partial charge on any atom is 0.262 e. The van der Waals surface area contributed by atoms with Gasteiger partial charge in [-0.25, -0.2) is 13.6 Å². The number of methoxy groups -OCH3 is 1. The van der Waals surface area contributed by atoms with Gasteiger partial charge in [0.05, 0.1) is 12.8 Å². The van der Waals surface area contributed by atoms with Gasteiger partial charge in [0.1, 0.15) is 16.4 Å². The minimum atomic E-state index is -3.91. The van der Waals surface area contributed by atoms with E-state index in [4.69, 9.17) is 14.6 Å². The highest BCUT2D eigenvalue weighted by Crippen LogP contribution is 2.36. The molecule has 0 saturated heterocycles. The van der Waals surface area contributed by atoms with E-state index in [1.54, 1.807) is 0 Å². The van der Waals surface area contributed by atoms with Gasteiger partial charge in [0.2, 0.25) is 10.0 Å². The van der Waals surface area contributed by atoms with Crippen molar-refractivity contribution < 1.29 is 22.7 Å². The van der Waals surface area contributed by atoms with Crippen LogP contribution in [0.3, 0.4) is 0 Å². The summed E-state index contributed by atoms with van der Waals surface area (Å²) in [4.78, 5) is 10.9. The van der Waals surface area contributed by atoms with Crippen molar-refractivity contribution in [2.75, 3.05) is 19.0 Å². The van der Waals surface area contributed by atoms with E-state index < -0.39 is 10.0 Å². The Labute approximate surface area is 97.6 Å². The van der Waals surface area contributed by atoms with Crippen LogP contribution in [0, 0.1) is 0 Å². The number of rotatable bonds is 2. The second-order valence-corrected chi connectivity index (χ2v) is 4.91. The second-order valence-electron chi connectivity index (χ2n) is 3.38. The zero-order chi connectivity index (χ0) is 12.6. The van der Waals surface area contributed by atoms with Crippen LogP contribution in [0.25, 0.3) is 0 Å². The van der Waals surface area contributed by atoms with E-state index in [-0.39, 0.29) is 28.9 Å². The molecule has 1 amide bonds.